The lowest BCUT2D eigenvalue weighted by Crippen LogP contribution is -2.04. The van der Waals surface area contributed by atoms with Gasteiger partial charge in [-0.25, -0.2) is 0 Å². The summed E-state index contributed by atoms with van der Waals surface area (Å²) in [6.07, 6.45) is 4.61. The summed E-state index contributed by atoms with van der Waals surface area (Å²) in [7, 11) is 0. The zero-order chi connectivity index (χ0) is 8.69. The molecule has 0 saturated carbocycles. The summed E-state index contributed by atoms with van der Waals surface area (Å²) in [5.41, 5.74) is 0. The van der Waals surface area contributed by atoms with Gasteiger partial charge in [0.25, 0.3) is 0 Å². The third-order valence-electron chi connectivity index (χ3n) is 1.11. The topological polar surface area (TPSA) is 40.5 Å². The number of rotatable bonds is 2. The minimum Gasteiger partial charge on any atom is -0.380 e. The van der Waals surface area contributed by atoms with Gasteiger partial charge >= 0.3 is 0 Å². The average Bonchev–Trinajstić information content (AvgIpc) is 2.01. The first-order valence-corrected chi connectivity index (χ1v) is 3.54. The molecule has 0 heterocycles. The highest BCUT2D eigenvalue weighted by Gasteiger charge is 1.95. The van der Waals surface area contributed by atoms with Gasteiger partial charge in [0.2, 0.25) is 0 Å². The Hall–Kier alpha value is -0.960. The van der Waals surface area contributed by atoms with Crippen molar-refractivity contribution >= 4 is 0 Å². The van der Waals surface area contributed by atoms with E-state index < -0.39 is 12.2 Å². The molecule has 2 heteroatoms. The lowest BCUT2D eigenvalue weighted by molar-refractivity contribution is 0.219. The Kier molecular flexibility index (Phi) is 5.29. The molecular weight excluding hydrogens is 140 g/mol. The van der Waals surface area contributed by atoms with Gasteiger partial charge in [-0.05, 0) is 6.42 Å². The smallest absolute Gasteiger partial charge is 0.176 e. The molecule has 0 aromatic rings. The van der Waals surface area contributed by atoms with Crippen molar-refractivity contribution < 1.29 is 10.2 Å². The van der Waals surface area contributed by atoms with Crippen molar-refractivity contribution in [3.05, 3.63) is 0 Å². The maximum atomic E-state index is 9.04. The fourth-order valence-electron chi connectivity index (χ4n) is 0.562. The van der Waals surface area contributed by atoms with Crippen molar-refractivity contribution in [3.63, 3.8) is 0 Å². The molecule has 0 aliphatic rings. The second-order valence-corrected chi connectivity index (χ2v) is 2.16. The number of hydrogen-bond donors (Lipinski definition) is 2. The summed E-state index contributed by atoms with van der Waals surface area (Å²) in [5, 5.41) is 17.8. The van der Waals surface area contributed by atoms with Crippen molar-refractivity contribution in [2.24, 2.45) is 0 Å². The van der Waals surface area contributed by atoms with Crippen LogP contribution in [0.4, 0.5) is 0 Å². The minimum absolute atomic E-state index is 0.615. The van der Waals surface area contributed by atoms with Crippen molar-refractivity contribution in [1.29, 1.82) is 0 Å². The van der Waals surface area contributed by atoms with Gasteiger partial charge in [0.05, 0.1) is 0 Å². The van der Waals surface area contributed by atoms with Crippen LogP contribution in [0.2, 0.25) is 0 Å². The Morgan fingerprint density at radius 1 is 1.36 bits per heavy atom. The molecule has 0 radical (unpaired) electrons. The first kappa shape index (κ1) is 10.0. The number of aliphatic hydroxyl groups excluding tert-OH is 2. The van der Waals surface area contributed by atoms with Crippen LogP contribution in [0.5, 0.6) is 0 Å². The second kappa shape index (κ2) is 5.80. The van der Waals surface area contributed by atoms with E-state index >= 15 is 0 Å². The van der Waals surface area contributed by atoms with Crippen LogP contribution in [-0.2, 0) is 0 Å². The van der Waals surface area contributed by atoms with E-state index in [1.54, 1.807) is 0 Å². The van der Waals surface area contributed by atoms with E-state index in [1.165, 1.54) is 0 Å². The number of terminal acetylenes is 1. The van der Waals surface area contributed by atoms with E-state index in [2.05, 4.69) is 11.8 Å². The molecule has 2 nitrogen and oxygen atoms in total. The summed E-state index contributed by atoms with van der Waals surface area (Å²) >= 11 is 0. The van der Waals surface area contributed by atoms with Crippen LogP contribution in [-0.4, -0.2) is 22.4 Å². The van der Waals surface area contributed by atoms with Crippen LogP contribution in [0, 0.1) is 24.2 Å². The maximum absolute atomic E-state index is 9.04. The first-order chi connectivity index (χ1) is 5.20. The molecular formula is C9H12O2. The molecule has 0 aliphatic heterocycles. The van der Waals surface area contributed by atoms with Crippen molar-refractivity contribution in [1.82, 2.24) is 0 Å². The van der Waals surface area contributed by atoms with E-state index in [1.807, 2.05) is 12.8 Å². The fraction of sp³-hybridized carbons (Fsp3) is 0.556. The molecule has 60 valence electrons. The molecule has 0 bridgehead atoms. The van der Waals surface area contributed by atoms with Crippen molar-refractivity contribution in [3.8, 4) is 24.2 Å². The van der Waals surface area contributed by atoms with Crippen LogP contribution in [0.1, 0.15) is 19.8 Å². The third kappa shape index (κ3) is 5.48. The molecule has 0 aliphatic carbocycles. The molecule has 0 saturated heterocycles. The van der Waals surface area contributed by atoms with E-state index in [0.29, 0.717) is 6.42 Å². The normalized spacial score (nSPS) is 14.0. The maximum Gasteiger partial charge on any atom is 0.176 e. The van der Waals surface area contributed by atoms with Crippen LogP contribution in [0.3, 0.4) is 0 Å². The van der Waals surface area contributed by atoms with Gasteiger partial charge in [-0.3, -0.25) is 0 Å². The molecule has 2 atom stereocenters. The Labute approximate surface area is 67.2 Å². The molecule has 0 fully saturated rings. The molecule has 0 aromatic heterocycles. The van der Waals surface area contributed by atoms with Gasteiger partial charge in [0.1, 0.15) is 6.10 Å². The lowest BCUT2D eigenvalue weighted by Gasteiger charge is -1.97. The Morgan fingerprint density at radius 3 is 2.45 bits per heavy atom. The fourth-order valence-corrected chi connectivity index (χ4v) is 0.562. The van der Waals surface area contributed by atoms with Crippen LogP contribution >= 0.6 is 0 Å². The first-order valence-electron chi connectivity index (χ1n) is 3.54. The summed E-state index contributed by atoms with van der Waals surface area (Å²) in [5.74, 6) is 6.82. The molecule has 2 N–H and O–H groups in total. The molecule has 0 rings (SSSR count). The van der Waals surface area contributed by atoms with Crippen LogP contribution in [0.15, 0.2) is 0 Å². The summed E-state index contributed by atoms with van der Waals surface area (Å²) in [4.78, 5) is 0. The quantitative estimate of drug-likeness (QED) is 0.553. The van der Waals surface area contributed by atoms with E-state index in [0.717, 1.165) is 6.42 Å². The highest BCUT2D eigenvalue weighted by Crippen LogP contribution is 1.93. The monoisotopic (exact) mass is 152 g/mol. The molecule has 0 amide bonds. The summed E-state index contributed by atoms with van der Waals surface area (Å²) in [6.45, 7) is 1.95. The van der Waals surface area contributed by atoms with Crippen molar-refractivity contribution in [2.45, 2.75) is 32.0 Å². The van der Waals surface area contributed by atoms with E-state index in [9.17, 15) is 0 Å². The SMILES string of the molecule is C#CC(O)C#CC(O)CCC. The predicted molar refractivity (Wildman–Crippen MR) is 43.5 cm³/mol. The summed E-state index contributed by atoms with van der Waals surface area (Å²) < 4.78 is 0. The van der Waals surface area contributed by atoms with E-state index in [4.69, 9.17) is 16.6 Å². The molecule has 0 aromatic carbocycles. The van der Waals surface area contributed by atoms with Crippen LogP contribution in [0.25, 0.3) is 0 Å². The van der Waals surface area contributed by atoms with Gasteiger partial charge in [-0.15, -0.1) is 6.42 Å². The van der Waals surface area contributed by atoms with Gasteiger partial charge in [0, 0.05) is 0 Å². The highest BCUT2D eigenvalue weighted by atomic mass is 16.3. The third-order valence-corrected chi connectivity index (χ3v) is 1.11. The van der Waals surface area contributed by atoms with Gasteiger partial charge < -0.3 is 10.2 Å². The predicted octanol–water partition coefficient (Wildman–Crippen LogP) is 0.145. The Balaban J connectivity index is 3.78. The van der Waals surface area contributed by atoms with Gasteiger partial charge in [0.15, 0.2) is 6.10 Å². The largest absolute Gasteiger partial charge is 0.380 e. The number of hydrogen-bond acceptors (Lipinski definition) is 2. The van der Waals surface area contributed by atoms with Crippen LogP contribution < -0.4 is 0 Å². The molecule has 2 unspecified atom stereocenters. The van der Waals surface area contributed by atoms with Gasteiger partial charge in [-0.2, -0.15) is 0 Å². The Morgan fingerprint density at radius 2 is 2.00 bits per heavy atom. The molecule has 0 spiro atoms. The summed E-state index contributed by atoms with van der Waals surface area (Å²) in [6, 6.07) is 0. The molecule has 11 heavy (non-hydrogen) atoms. The Bertz CT molecular complexity index is 192. The second-order valence-electron chi connectivity index (χ2n) is 2.16. The minimum atomic E-state index is -1.05. The van der Waals surface area contributed by atoms with Crippen molar-refractivity contribution in [2.75, 3.05) is 0 Å². The highest BCUT2D eigenvalue weighted by molar-refractivity contribution is 5.17. The average molecular weight is 152 g/mol. The standard InChI is InChI=1S/C9H12O2/c1-3-5-9(11)7-6-8(10)4-2/h2,8-11H,3,5H2,1H3. The van der Waals surface area contributed by atoms with Gasteiger partial charge in [-0.1, -0.05) is 31.1 Å². The number of aliphatic hydroxyl groups is 2. The zero-order valence-electron chi connectivity index (χ0n) is 6.54. The zero-order valence-corrected chi connectivity index (χ0v) is 6.54. The lowest BCUT2D eigenvalue weighted by atomic mass is 10.2. The van der Waals surface area contributed by atoms with E-state index in [-0.39, 0.29) is 0 Å².